The van der Waals surface area contributed by atoms with Gasteiger partial charge in [-0.05, 0) is 12.1 Å². The molecule has 0 nitrogen and oxygen atoms in total. The van der Waals surface area contributed by atoms with Crippen molar-refractivity contribution in [3.05, 3.63) is 35.9 Å². The first-order valence-electron chi connectivity index (χ1n) is 2.45. The van der Waals surface area contributed by atoms with Crippen LogP contribution < -0.4 is 0 Å². The summed E-state index contributed by atoms with van der Waals surface area (Å²) in [7, 11) is 0. The lowest BCUT2D eigenvalue weighted by molar-refractivity contribution is 1.65. The van der Waals surface area contributed by atoms with E-state index in [1.165, 1.54) is 0 Å². The van der Waals surface area contributed by atoms with Crippen molar-refractivity contribution >= 4 is 0 Å². The molecule has 1 aromatic carbocycles. The molecule has 0 heterocycles. The van der Waals surface area contributed by atoms with Gasteiger partial charge < -0.3 is 0 Å². The maximum absolute atomic E-state index is 5.10. The zero-order valence-electron chi connectivity index (χ0n) is 4.46. The molecular weight excluding hydrogens is 120 g/mol. The molecule has 0 N–H and O–H groups in total. The van der Waals surface area contributed by atoms with Crippen LogP contribution in [0, 0.1) is 12.3 Å². The zero-order chi connectivity index (χ0) is 5.82. The van der Waals surface area contributed by atoms with Gasteiger partial charge in [0.1, 0.15) is 0 Å². The molecule has 0 unspecified atom stereocenters. The molecule has 0 heteroatoms. The summed E-state index contributed by atoms with van der Waals surface area (Å²) in [4.78, 5) is 0. The quantitative estimate of drug-likeness (QED) is 0.478. The number of terminal acetylenes is 1. The topological polar surface area (TPSA) is 0 Å². The number of rotatable bonds is 0. The Labute approximate surface area is 63.9 Å². The van der Waals surface area contributed by atoms with Crippen LogP contribution in [0.15, 0.2) is 30.3 Å². The smallest absolute Gasteiger partial charge is 0.0242 e. The van der Waals surface area contributed by atoms with Gasteiger partial charge in [-0.2, -0.15) is 0 Å². The third-order valence-corrected chi connectivity index (χ3v) is 0.940. The Morgan fingerprint density at radius 1 is 1.00 bits per heavy atom. The molecule has 0 radical (unpaired) electrons. The van der Waals surface area contributed by atoms with Crippen LogP contribution in [0.2, 0.25) is 0 Å². The van der Waals surface area contributed by atoms with Gasteiger partial charge in [0, 0.05) is 5.56 Å². The normalized spacial score (nSPS) is 6.30. The minimum atomic E-state index is 0. The Kier molecular flexibility index (Phi) is 6.83. The molecule has 54 valence electrons. The monoisotopic (exact) mass is 134 g/mol. The van der Waals surface area contributed by atoms with Gasteiger partial charge in [0.05, 0.1) is 0 Å². The molecule has 0 aliphatic heterocycles. The maximum atomic E-state index is 5.10. The minimum absolute atomic E-state index is 0. The van der Waals surface area contributed by atoms with Crippen LogP contribution in [0.1, 0.15) is 20.4 Å². The Bertz CT molecular complexity index is 191. The van der Waals surface area contributed by atoms with E-state index in [1.807, 2.05) is 30.3 Å². The van der Waals surface area contributed by atoms with E-state index in [-0.39, 0.29) is 14.9 Å². The summed E-state index contributed by atoms with van der Waals surface area (Å²) in [6.45, 7) is 0. The molecule has 1 aromatic rings. The first kappa shape index (κ1) is 11.6. The standard InChI is InChI=1S/C8H6.2CH4/c1-2-8-6-4-3-5-7-8;;/h1,3-7H;2*1H4. The number of hydrogen-bond acceptors (Lipinski definition) is 0. The van der Waals surface area contributed by atoms with E-state index in [4.69, 9.17) is 6.42 Å². The molecule has 0 bridgehead atoms. The van der Waals surface area contributed by atoms with E-state index in [1.54, 1.807) is 0 Å². The van der Waals surface area contributed by atoms with Crippen molar-refractivity contribution < 1.29 is 0 Å². The third kappa shape index (κ3) is 2.94. The molecule has 0 aliphatic rings. The Balaban J connectivity index is 0. The van der Waals surface area contributed by atoms with Crippen molar-refractivity contribution in [3.8, 4) is 12.3 Å². The second kappa shape index (κ2) is 5.91. The van der Waals surface area contributed by atoms with E-state index in [0.717, 1.165) is 5.56 Å². The van der Waals surface area contributed by atoms with Crippen molar-refractivity contribution in [3.63, 3.8) is 0 Å². The fourth-order valence-corrected chi connectivity index (χ4v) is 0.534. The van der Waals surface area contributed by atoms with E-state index >= 15 is 0 Å². The molecule has 0 saturated heterocycles. The van der Waals surface area contributed by atoms with E-state index < -0.39 is 0 Å². The fraction of sp³-hybridized carbons (Fsp3) is 0.200. The molecule has 0 aliphatic carbocycles. The van der Waals surface area contributed by atoms with Gasteiger partial charge in [-0.3, -0.25) is 0 Å². The van der Waals surface area contributed by atoms with Gasteiger partial charge in [0.15, 0.2) is 0 Å². The summed E-state index contributed by atoms with van der Waals surface area (Å²) in [6, 6.07) is 9.60. The highest BCUT2D eigenvalue weighted by Gasteiger charge is 1.76. The minimum Gasteiger partial charge on any atom is -0.115 e. The molecule has 0 spiro atoms. The van der Waals surface area contributed by atoms with Crippen molar-refractivity contribution in [1.29, 1.82) is 0 Å². The second-order valence-corrected chi connectivity index (χ2v) is 1.51. The van der Waals surface area contributed by atoms with Gasteiger partial charge in [-0.25, -0.2) is 0 Å². The van der Waals surface area contributed by atoms with Crippen molar-refractivity contribution in [2.45, 2.75) is 14.9 Å². The lowest BCUT2D eigenvalue weighted by Gasteiger charge is -1.82. The highest BCUT2D eigenvalue weighted by atomic mass is 13.8. The SMILES string of the molecule is C.C.C#Cc1ccccc1. The molecule has 0 aromatic heterocycles. The van der Waals surface area contributed by atoms with Crippen LogP contribution in [0.3, 0.4) is 0 Å². The van der Waals surface area contributed by atoms with Crippen molar-refractivity contribution in [1.82, 2.24) is 0 Å². The highest BCUT2D eigenvalue weighted by molar-refractivity contribution is 5.30. The third-order valence-electron chi connectivity index (χ3n) is 0.940. The van der Waals surface area contributed by atoms with Gasteiger partial charge in [0.25, 0.3) is 0 Å². The fourth-order valence-electron chi connectivity index (χ4n) is 0.534. The van der Waals surface area contributed by atoms with Crippen LogP contribution >= 0.6 is 0 Å². The highest BCUT2D eigenvalue weighted by Crippen LogP contribution is 1.92. The maximum Gasteiger partial charge on any atom is 0.0242 e. The summed E-state index contributed by atoms with van der Waals surface area (Å²) >= 11 is 0. The molecule has 0 atom stereocenters. The zero-order valence-corrected chi connectivity index (χ0v) is 4.46. The molecule has 10 heavy (non-hydrogen) atoms. The lowest BCUT2D eigenvalue weighted by atomic mass is 10.2. The van der Waals surface area contributed by atoms with Crippen LogP contribution in [0.5, 0.6) is 0 Å². The summed E-state index contributed by atoms with van der Waals surface area (Å²) in [6.07, 6.45) is 5.10. The molecule has 1 rings (SSSR count). The molecule has 0 amide bonds. The summed E-state index contributed by atoms with van der Waals surface area (Å²) in [5.41, 5.74) is 0.938. The average molecular weight is 134 g/mol. The van der Waals surface area contributed by atoms with Crippen LogP contribution in [-0.4, -0.2) is 0 Å². The van der Waals surface area contributed by atoms with Gasteiger partial charge in [-0.15, -0.1) is 6.42 Å². The average Bonchev–Trinajstić information content (AvgIpc) is 1.90. The molecule has 0 fully saturated rings. The number of hydrogen-bond donors (Lipinski definition) is 0. The van der Waals surface area contributed by atoms with Crippen molar-refractivity contribution in [2.75, 3.05) is 0 Å². The summed E-state index contributed by atoms with van der Waals surface area (Å²) in [5, 5.41) is 0. The first-order valence-corrected chi connectivity index (χ1v) is 2.45. The predicted octanol–water partition coefficient (Wildman–Crippen LogP) is 2.94. The number of benzene rings is 1. The second-order valence-electron chi connectivity index (χ2n) is 1.51. The van der Waals surface area contributed by atoms with E-state index in [9.17, 15) is 0 Å². The van der Waals surface area contributed by atoms with Crippen LogP contribution in [-0.2, 0) is 0 Å². The largest absolute Gasteiger partial charge is 0.115 e. The first-order chi connectivity index (χ1) is 3.93. The summed E-state index contributed by atoms with van der Waals surface area (Å²) in [5.74, 6) is 2.53. The van der Waals surface area contributed by atoms with Crippen LogP contribution in [0.25, 0.3) is 0 Å². The van der Waals surface area contributed by atoms with Gasteiger partial charge in [-0.1, -0.05) is 39.0 Å². The van der Waals surface area contributed by atoms with Gasteiger partial charge in [0.2, 0.25) is 0 Å². The summed E-state index contributed by atoms with van der Waals surface area (Å²) < 4.78 is 0. The molecule has 0 saturated carbocycles. The van der Waals surface area contributed by atoms with Crippen molar-refractivity contribution in [2.24, 2.45) is 0 Å². The predicted molar refractivity (Wildman–Crippen MR) is 47.8 cm³/mol. The van der Waals surface area contributed by atoms with Crippen LogP contribution in [0.4, 0.5) is 0 Å². The van der Waals surface area contributed by atoms with Gasteiger partial charge >= 0.3 is 0 Å². The Morgan fingerprint density at radius 2 is 1.50 bits per heavy atom. The Hall–Kier alpha value is -1.22. The molecular formula is C10H14. The Morgan fingerprint density at radius 3 is 1.80 bits per heavy atom. The van der Waals surface area contributed by atoms with E-state index in [0.29, 0.717) is 0 Å². The van der Waals surface area contributed by atoms with E-state index in [2.05, 4.69) is 5.92 Å². The lowest BCUT2D eigenvalue weighted by Crippen LogP contribution is -1.66.